The normalized spacial score (nSPS) is 14.3. The molecule has 0 unspecified atom stereocenters. The summed E-state index contributed by atoms with van der Waals surface area (Å²) in [6.45, 7) is 2.69. The number of hydrogen-bond acceptors (Lipinski definition) is 5. The van der Waals surface area contributed by atoms with Gasteiger partial charge in [-0.1, -0.05) is 0 Å². The molecule has 0 aliphatic carbocycles. The van der Waals surface area contributed by atoms with Gasteiger partial charge in [0.2, 0.25) is 0 Å². The van der Waals surface area contributed by atoms with Crippen molar-refractivity contribution in [1.82, 2.24) is 14.9 Å². The molecular formula is C20H21N3O2. The van der Waals surface area contributed by atoms with Gasteiger partial charge >= 0.3 is 0 Å². The van der Waals surface area contributed by atoms with Gasteiger partial charge < -0.3 is 9.47 Å². The first-order chi connectivity index (χ1) is 12.3. The number of pyridine rings is 2. The number of rotatable bonds is 4. The standard InChI is InChI=1S/C20H21N3O2/c1-24-17-3-4-20(25-2)16(10-17)13-23-8-6-19-15(12-23)9-14-11-21-7-5-18(14)22-19/h3-5,7,9-11H,6,8,12-13H2,1-2H3. The van der Waals surface area contributed by atoms with Crippen LogP contribution in [0.5, 0.6) is 11.5 Å². The lowest BCUT2D eigenvalue weighted by Gasteiger charge is -2.29. The minimum absolute atomic E-state index is 0.824. The molecule has 4 rings (SSSR count). The van der Waals surface area contributed by atoms with Crippen molar-refractivity contribution in [2.24, 2.45) is 0 Å². The first kappa shape index (κ1) is 15.8. The number of hydrogen-bond donors (Lipinski definition) is 0. The third-order valence-corrected chi connectivity index (χ3v) is 4.72. The van der Waals surface area contributed by atoms with Crippen molar-refractivity contribution in [3.05, 3.63) is 59.5 Å². The van der Waals surface area contributed by atoms with E-state index in [1.807, 2.05) is 24.4 Å². The maximum Gasteiger partial charge on any atom is 0.123 e. The van der Waals surface area contributed by atoms with E-state index in [0.29, 0.717) is 0 Å². The summed E-state index contributed by atoms with van der Waals surface area (Å²) in [5, 5.41) is 1.10. The average molecular weight is 335 g/mol. The predicted molar refractivity (Wildman–Crippen MR) is 96.9 cm³/mol. The maximum atomic E-state index is 5.51. The van der Waals surface area contributed by atoms with Crippen LogP contribution in [-0.2, 0) is 19.5 Å². The Kier molecular flexibility index (Phi) is 4.24. The van der Waals surface area contributed by atoms with Crippen molar-refractivity contribution in [3.8, 4) is 11.5 Å². The highest BCUT2D eigenvalue weighted by Crippen LogP contribution is 2.28. The second-order valence-corrected chi connectivity index (χ2v) is 6.30. The average Bonchev–Trinajstić information content (AvgIpc) is 2.66. The van der Waals surface area contributed by atoms with Crippen LogP contribution in [0.4, 0.5) is 0 Å². The molecule has 3 aromatic rings. The summed E-state index contributed by atoms with van der Waals surface area (Å²) in [5.41, 5.74) is 4.65. The maximum absolute atomic E-state index is 5.51. The molecule has 0 saturated heterocycles. The van der Waals surface area contributed by atoms with Crippen LogP contribution in [0, 0.1) is 0 Å². The van der Waals surface area contributed by atoms with E-state index in [0.717, 1.165) is 54.0 Å². The summed E-state index contributed by atoms with van der Waals surface area (Å²) >= 11 is 0. The molecule has 0 bridgehead atoms. The molecule has 0 atom stereocenters. The Morgan fingerprint density at radius 3 is 2.88 bits per heavy atom. The fourth-order valence-corrected chi connectivity index (χ4v) is 3.42. The highest BCUT2D eigenvalue weighted by molar-refractivity contribution is 5.78. The van der Waals surface area contributed by atoms with Crippen molar-refractivity contribution < 1.29 is 9.47 Å². The third kappa shape index (κ3) is 3.15. The minimum Gasteiger partial charge on any atom is -0.497 e. The zero-order chi connectivity index (χ0) is 17.2. The second kappa shape index (κ2) is 6.69. The summed E-state index contributed by atoms with van der Waals surface area (Å²) < 4.78 is 10.9. The molecule has 1 aliphatic rings. The van der Waals surface area contributed by atoms with Crippen LogP contribution in [0.2, 0.25) is 0 Å². The lowest BCUT2D eigenvalue weighted by atomic mass is 10.0. The van der Waals surface area contributed by atoms with Gasteiger partial charge in [-0.05, 0) is 35.9 Å². The largest absolute Gasteiger partial charge is 0.497 e. The van der Waals surface area contributed by atoms with E-state index in [1.54, 1.807) is 20.4 Å². The van der Waals surface area contributed by atoms with E-state index < -0.39 is 0 Å². The molecule has 3 heterocycles. The molecular weight excluding hydrogens is 314 g/mol. The van der Waals surface area contributed by atoms with Crippen molar-refractivity contribution >= 4 is 10.9 Å². The van der Waals surface area contributed by atoms with E-state index in [2.05, 4.69) is 22.0 Å². The van der Waals surface area contributed by atoms with E-state index in [9.17, 15) is 0 Å². The molecule has 0 fully saturated rings. The van der Waals surface area contributed by atoms with Crippen LogP contribution in [0.15, 0.2) is 42.7 Å². The van der Waals surface area contributed by atoms with Crippen LogP contribution >= 0.6 is 0 Å². The molecule has 0 amide bonds. The van der Waals surface area contributed by atoms with Crippen LogP contribution < -0.4 is 9.47 Å². The fourth-order valence-electron chi connectivity index (χ4n) is 3.42. The topological polar surface area (TPSA) is 47.5 Å². The van der Waals surface area contributed by atoms with Gasteiger partial charge in [-0.3, -0.25) is 14.9 Å². The lowest BCUT2D eigenvalue weighted by molar-refractivity contribution is 0.239. The number of nitrogens with zero attached hydrogens (tertiary/aromatic N) is 3. The Balaban J connectivity index is 1.59. The summed E-state index contributed by atoms with van der Waals surface area (Å²) in [5.74, 6) is 1.75. The number of methoxy groups -OCH3 is 2. The Morgan fingerprint density at radius 1 is 1.12 bits per heavy atom. The first-order valence-electron chi connectivity index (χ1n) is 8.42. The molecule has 1 aromatic carbocycles. The Morgan fingerprint density at radius 2 is 2.04 bits per heavy atom. The molecule has 0 spiro atoms. The molecule has 25 heavy (non-hydrogen) atoms. The molecule has 5 nitrogen and oxygen atoms in total. The SMILES string of the molecule is COc1ccc(OC)c(CN2CCc3nc4ccncc4cc3C2)c1. The molecule has 2 aromatic heterocycles. The predicted octanol–water partition coefficient (Wildman–Crippen LogP) is 3.21. The lowest BCUT2D eigenvalue weighted by Crippen LogP contribution is -2.30. The first-order valence-corrected chi connectivity index (χ1v) is 8.42. The van der Waals surface area contributed by atoms with E-state index in [1.165, 1.54) is 11.3 Å². The zero-order valence-corrected chi connectivity index (χ0v) is 14.5. The Hall–Kier alpha value is -2.66. The van der Waals surface area contributed by atoms with Gasteiger partial charge in [0.25, 0.3) is 0 Å². The van der Waals surface area contributed by atoms with Gasteiger partial charge in [-0.25, -0.2) is 0 Å². The van der Waals surface area contributed by atoms with Crippen LogP contribution in [-0.4, -0.2) is 35.6 Å². The van der Waals surface area contributed by atoms with Gasteiger partial charge in [0.15, 0.2) is 0 Å². The molecule has 1 aliphatic heterocycles. The molecule has 0 N–H and O–H groups in total. The fraction of sp³-hybridized carbons (Fsp3) is 0.300. The molecule has 0 saturated carbocycles. The van der Waals surface area contributed by atoms with E-state index >= 15 is 0 Å². The van der Waals surface area contributed by atoms with Gasteiger partial charge in [0.05, 0.1) is 19.7 Å². The van der Waals surface area contributed by atoms with Gasteiger partial charge in [0, 0.05) is 55.1 Å². The van der Waals surface area contributed by atoms with E-state index in [-0.39, 0.29) is 0 Å². The Labute approximate surface area is 147 Å². The van der Waals surface area contributed by atoms with Gasteiger partial charge in [-0.2, -0.15) is 0 Å². The number of aromatic nitrogens is 2. The van der Waals surface area contributed by atoms with Crippen molar-refractivity contribution in [1.29, 1.82) is 0 Å². The van der Waals surface area contributed by atoms with Crippen molar-refractivity contribution in [2.75, 3.05) is 20.8 Å². The van der Waals surface area contributed by atoms with E-state index in [4.69, 9.17) is 14.5 Å². The summed E-state index contributed by atoms with van der Waals surface area (Å²) in [7, 11) is 3.40. The van der Waals surface area contributed by atoms with Crippen LogP contribution in [0.1, 0.15) is 16.8 Å². The summed E-state index contributed by atoms with van der Waals surface area (Å²) in [4.78, 5) is 11.4. The molecule has 0 radical (unpaired) electrons. The minimum atomic E-state index is 0.824. The van der Waals surface area contributed by atoms with Crippen molar-refractivity contribution in [3.63, 3.8) is 0 Å². The van der Waals surface area contributed by atoms with Gasteiger partial charge in [-0.15, -0.1) is 0 Å². The summed E-state index contributed by atoms with van der Waals surface area (Å²) in [6, 6.07) is 10.1. The summed E-state index contributed by atoms with van der Waals surface area (Å²) in [6.07, 6.45) is 4.64. The highest BCUT2D eigenvalue weighted by atomic mass is 16.5. The quantitative estimate of drug-likeness (QED) is 0.733. The third-order valence-electron chi connectivity index (χ3n) is 4.72. The van der Waals surface area contributed by atoms with Gasteiger partial charge in [0.1, 0.15) is 11.5 Å². The number of benzene rings is 1. The molecule has 128 valence electrons. The highest BCUT2D eigenvalue weighted by Gasteiger charge is 2.19. The second-order valence-electron chi connectivity index (χ2n) is 6.30. The Bertz CT molecular complexity index is 911. The van der Waals surface area contributed by atoms with Crippen molar-refractivity contribution in [2.45, 2.75) is 19.5 Å². The van der Waals surface area contributed by atoms with Crippen LogP contribution in [0.25, 0.3) is 10.9 Å². The molecule has 5 heteroatoms. The smallest absolute Gasteiger partial charge is 0.123 e. The monoisotopic (exact) mass is 335 g/mol. The van der Waals surface area contributed by atoms with Crippen LogP contribution in [0.3, 0.4) is 0 Å². The zero-order valence-electron chi connectivity index (χ0n) is 14.5. The number of ether oxygens (including phenoxy) is 2. The number of fused-ring (bicyclic) bond motifs is 2.